The highest BCUT2D eigenvalue weighted by atomic mass is 19.4. The summed E-state index contributed by atoms with van der Waals surface area (Å²) in [6.45, 7) is 7.20. The Morgan fingerprint density at radius 3 is 2.12 bits per heavy atom. The summed E-state index contributed by atoms with van der Waals surface area (Å²) in [5, 5.41) is 18.1. The molecule has 286 valence electrons. The van der Waals surface area contributed by atoms with Gasteiger partial charge in [-0.2, -0.15) is 13.2 Å². The molecule has 0 aromatic heterocycles. The van der Waals surface area contributed by atoms with Crippen LogP contribution in [0.15, 0.2) is 29.3 Å². The number of carboxylic acid groups (broad SMARTS) is 1. The van der Waals surface area contributed by atoms with E-state index in [0.29, 0.717) is 31.4 Å². The summed E-state index contributed by atoms with van der Waals surface area (Å²) in [5.74, 6) is -6.32. The number of carboxylic acids is 1. The van der Waals surface area contributed by atoms with Gasteiger partial charge in [-0.25, -0.2) is 9.18 Å². The van der Waals surface area contributed by atoms with Gasteiger partial charge in [0.25, 0.3) is 0 Å². The number of carbonyl (C=O) groups excluding carboxylic acids is 5. The van der Waals surface area contributed by atoms with Crippen molar-refractivity contribution in [2.75, 3.05) is 20.1 Å². The molecule has 1 fully saturated rings. The number of halogens is 4. The molecule has 51 heavy (non-hydrogen) atoms. The van der Waals surface area contributed by atoms with Crippen LogP contribution in [0.25, 0.3) is 0 Å². The molecule has 19 heteroatoms. The molecule has 1 aliphatic rings. The third-order valence-electron chi connectivity index (χ3n) is 7.81. The van der Waals surface area contributed by atoms with Crippen molar-refractivity contribution in [3.63, 3.8) is 0 Å². The van der Waals surface area contributed by atoms with Gasteiger partial charge in [0.05, 0.1) is 0 Å². The minimum Gasteiger partial charge on any atom is -0.475 e. The van der Waals surface area contributed by atoms with E-state index in [-0.39, 0.29) is 37.7 Å². The number of aliphatic carboxylic acids is 1. The third kappa shape index (κ3) is 14.8. The first-order valence-corrected chi connectivity index (χ1v) is 16.2. The van der Waals surface area contributed by atoms with Crippen LogP contribution in [0.4, 0.5) is 17.6 Å². The lowest BCUT2D eigenvalue weighted by Crippen LogP contribution is -2.62. The summed E-state index contributed by atoms with van der Waals surface area (Å²) in [5.41, 5.74) is 9.85. The fourth-order valence-electron chi connectivity index (χ4n) is 4.71. The van der Waals surface area contributed by atoms with Crippen LogP contribution < -0.4 is 32.7 Å². The average molecular weight is 733 g/mol. The van der Waals surface area contributed by atoms with Gasteiger partial charge < -0.3 is 42.7 Å². The largest absolute Gasteiger partial charge is 0.490 e. The van der Waals surface area contributed by atoms with Gasteiger partial charge in [0.2, 0.25) is 29.5 Å². The van der Waals surface area contributed by atoms with Crippen LogP contribution in [0.1, 0.15) is 77.8 Å². The number of aliphatic imine (C=N–C) groups is 1. The van der Waals surface area contributed by atoms with Gasteiger partial charge in [-0.15, -0.1) is 0 Å². The number of rotatable bonds is 8. The molecule has 0 unspecified atom stereocenters. The number of carbonyl (C=O) groups is 6. The number of alkyl halides is 3. The Balaban J connectivity index is 0.00000167. The second-order valence-electron chi connectivity index (χ2n) is 12.4. The molecule has 0 bridgehead atoms. The maximum Gasteiger partial charge on any atom is 0.490 e. The third-order valence-corrected chi connectivity index (χ3v) is 7.81. The molecule has 0 saturated carbocycles. The van der Waals surface area contributed by atoms with Crippen molar-refractivity contribution in [3.05, 3.63) is 35.6 Å². The van der Waals surface area contributed by atoms with E-state index in [1.54, 1.807) is 34.7 Å². The average Bonchev–Trinajstić information content (AvgIpc) is 3.04. The van der Waals surface area contributed by atoms with Crippen LogP contribution in [0.3, 0.4) is 0 Å². The quantitative estimate of drug-likeness (QED) is 0.0879. The minimum absolute atomic E-state index is 0.112. The van der Waals surface area contributed by atoms with Crippen molar-refractivity contribution >= 4 is 41.5 Å². The SMILES string of the molecule is CC[C@@H]1NC(=O)[C@H](CCCN=C(N)N)NC(=O)[C@](C)(NC(=O)C(C)C)CCCCN(C)C(=O)[C@@H](c2ccc(F)cc2)NC1=O.O=C(O)C(F)(F)F. The van der Waals surface area contributed by atoms with Crippen molar-refractivity contribution in [1.29, 1.82) is 0 Å². The van der Waals surface area contributed by atoms with Crippen molar-refractivity contribution in [1.82, 2.24) is 26.2 Å². The second-order valence-corrected chi connectivity index (χ2v) is 12.4. The fraction of sp³-hybridized carbons (Fsp3) is 0.594. The zero-order valence-electron chi connectivity index (χ0n) is 29.2. The number of nitrogens with zero attached hydrogens (tertiary/aromatic N) is 2. The van der Waals surface area contributed by atoms with Gasteiger partial charge in [-0.3, -0.25) is 29.0 Å². The van der Waals surface area contributed by atoms with Gasteiger partial charge in [-0.1, -0.05) is 32.9 Å². The first-order chi connectivity index (χ1) is 23.6. The number of hydrogen-bond donors (Lipinski definition) is 7. The number of nitrogens with two attached hydrogens (primary N) is 2. The Morgan fingerprint density at radius 1 is 1.04 bits per heavy atom. The Hall–Kier alpha value is -4.97. The van der Waals surface area contributed by atoms with Crippen LogP contribution in [-0.4, -0.2) is 95.4 Å². The van der Waals surface area contributed by atoms with Crippen molar-refractivity contribution < 1.29 is 51.4 Å². The summed E-state index contributed by atoms with van der Waals surface area (Å²) >= 11 is 0. The summed E-state index contributed by atoms with van der Waals surface area (Å²) < 4.78 is 45.4. The summed E-state index contributed by atoms with van der Waals surface area (Å²) in [4.78, 5) is 81.2. The molecule has 1 aromatic carbocycles. The zero-order valence-corrected chi connectivity index (χ0v) is 29.2. The molecule has 5 amide bonds. The monoisotopic (exact) mass is 732 g/mol. The number of likely N-dealkylation sites (N-methyl/N-ethyl adjacent to an activating group) is 1. The maximum absolute atomic E-state index is 13.7. The van der Waals surface area contributed by atoms with E-state index in [4.69, 9.17) is 21.4 Å². The summed E-state index contributed by atoms with van der Waals surface area (Å²) in [6.07, 6.45) is -3.27. The highest BCUT2D eigenvalue weighted by Gasteiger charge is 2.39. The van der Waals surface area contributed by atoms with E-state index in [0.717, 1.165) is 0 Å². The number of benzene rings is 1. The van der Waals surface area contributed by atoms with E-state index in [2.05, 4.69) is 26.3 Å². The normalized spacial score (nSPS) is 22.5. The van der Waals surface area contributed by atoms with Crippen LogP contribution in [-0.2, 0) is 28.8 Å². The fourth-order valence-corrected chi connectivity index (χ4v) is 4.71. The second kappa shape index (κ2) is 20.0. The van der Waals surface area contributed by atoms with E-state index < -0.39 is 71.2 Å². The Morgan fingerprint density at radius 2 is 1.61 bits per heavy atom. The first kappa shape index (κ1) is 44.1. The molecular formula is C32H48F4N8O7. The van der Waals surface area contributed by atoms with Crippen molar-refractivity contribution in [2.24, 2.45) is 22.4 Å². The molecular weight excluding hydrogens is 684 g/mol. The maximum atomic E-state index is 13.7. The van der Waals surface area contributed by atoms with Crippen molar-refractivity contribution in [2.45, 2.75) is 96.1 Å². The van der Waals surface area contributed by atoms with E-state index in [1.165, 1.54) is 29.2 Å². The van der Waals surface area contributed by atoms with E-state index in [1.807, 2.05) is 0 Å². The molecule has 1 aromatic rings. The molecule has 9 N–H and O–H groups in total. The van der Waals surface area contributed by atoms with Crippen LogP contribution in [0.5, 0.6) is 0 Å². The zero-order chi connectivity index (χ0) is 39.1. The van der Waals surface area contributed by atoms with Gasteiger partial charge in [0.15, 0.2) is 5.96 Å². The lowest BCUT2D eigenvalue weighted by atomic mass is 9.91. The smallest absolute Gasteiger partial charge is 0.475 e. The highest BCUT2D eigenvalue weighted by Crippen LogP contribution is 2.20. The number of guanidine groups is 1. The molecule has 15 nitrogen and oxygen atoms in total. The highest BCUT2D eigenvalue weighted by molar-refractivity contribution is 5.97. The summed E-state index contributed by atoms with van der Waals surface area (Å²) in [6, 6.07) is 1.99. The molecule has 1 saturated heterocycles. The Kier molecular flexibility index (Phi) is 17.3. The Labute approximate surface area is 293 Å². The predicted molar refractivity (Wildman–Crippen MR) is 178 cm³/mol. The molecule has 1 heterocycles. The molecule has 1 aliphatic heterocycles. The number of hydrogen-bond acceptors (Lipinski definition) is 7. The van der Waals surface area contributed by atoms with Gasteiger partial charge in [0.1, 0.15) is 29.5 Å². The molecule has 4 atom stereocenters. The van der Waals surface area contributed by atoms with E-state index >= 15 is 0 Å². The first-order valence-electron chi connectivity index (χ1n) is 16.2. The number of nitrogens with one attached hydrogen (secondary N) is 4. The standard InChI is InChI=1S/C30H47FN8O5.C2HF3O2/c1-6-21-25(41)37-23(19-11-13-20(31)14-12-19)27(43)39(5)17-8-7-15-30(4,38-24(40)18(2)3)28(44)36-22(26(42)35-21)10-9-16-34-29(32)33;3-2(4,5)1(6)7/h11-14,18,21-23H,6-10,15-17H2,1-5H3,(H,35,42)(H,36,44)(H,37,41)(H,38,40)(H4,32,33,34);(H,6,7)/t21-,22-,23+,30+;/m0./s1. The lowest BCUT2D eigenvalue weighted by Gasteiger charge is -2.33. The van der Waals surface area contributed by atoms with Crippen LogP contribution >= 0.6 is 0 Å². The summed E-state index contributed by atoms with van der Waals surface area (Å²) in [7, 11) is 1.59. The van der Waals surface area contributed by atoms with E-state index in [9.17, 15) is 41.5 Å². The topological polar surface area (TPSA) is 238 Å². The lowest BCUT2D eigenvalue weighted by molar-refractivity contribution is -0.192. The predicted octanol–water partition coefficient (Wildman–Crippen LogP) is 1.22. The molecule has 0 spiro atoms. The van der Waals surface area contributed by atoms with Crippen LogP contribution in [0, 0.1) is 11.7 Å². The minimum atomic E-state index is -5.08. The number of amides is 5. The Bertz CT molecular complexity index is 1400. The van der Waals surface area contributed by atoms with Gasteiger partial charge >= 0.3 is 12.1 Å². The van der Waals surface area contributed by atoms with Gasteiger partial charge in [0, 0.05) is 26.1 Å². The molecule has 0 radical (unpaired) electrons. The molecule has 0 aliphatic carbocycles. The van der Waals surface area contributed by atoms with Gasteiger partial charge in [-0.05, 0) is 63.1 Å². The molecule has 2 rings (SSSR count). The van der Waals surface area contributed by atoms with Crippen LogP contribution in [0.2, 0.25) is 0 Å². The van der Waals surface area contributed by atoms with Crippen molar-refractivity contribution in [3.8, 4) is 0 Å².